The number of hydrogen-bond donors (Lipinski definition) is 1. The van der Waals surface area contributed by atoms with Gasteiger partial charge >= 0.3 is 0 Å². The number of hydrogen-bond acceptors (Lipinski definition) is 3. The highest BCUT2D eigenvalue weighted by Crippen LogP contribution is 2.32. The summed E-state index contributed by atoms with van der Waals surface area (Å²) in [4.78, 5) is 0. The molecule has 1 aliphatic heterocycles. The standard InChI is InChI=1S/C13H19NO2/c1-10-6-4-5-7-12(10)13(2)15-8-11(14-3)9-16-13/h4-7,11,14H,8-9H2,1-3H3. The van der Waals surface area contributed by atoms with Gasteiger partial charge in [-0.15, -0.1) is 0 Å². The molecule has 16 heavy (non-hydrogen) atoms. The number of ether oxygens (including phenoxy) is 2. The summed E-state index contributed by atoms with van der Waals surface area (Å²) in [5.41, 5.74) is 2.32. The average molecular weight is 221 g/mol. The first kappa shape index (κ1) is 11.6. The fourth-order valence-electron chi connectivity index (χ4n) is 2.01. The molecule has 0 unspecified atom stereocenters. The van der Waals surface area contributed by atoms with Gasteiger partial charge in [0.2, 0.25) is 0 Å². The molecular formula is C13H19NO2. The van der Waals surface area contributed by atoms with Crippen LogP contribution in [0.25, 0.3) is 0 Å². The van der Waals surface area contributed by atoms with E-state index in [0.29, 0.717) is 13.2 Å². The van der Waals surface area contributed by atoms with E-state index in [0.717, 1.165) is 5.56 Å². The summed E-state index contributed by atoms with van der Waals surface area (Å²) < 4.78 is 11.7. The summed E-state index contributed by atoms with van der Waals surface area (Å²) in [5.74, 6) is -0.599. The zero-order chi connectivity index (χ0) is 11.6. The van der Waals surface area contributed by atoms with E-state index >= 15 is 0 Å². The smallest absolute Gasteiger partial charge is 0.192 e. The number of rotatable bonds is 2. The Hall–Kier alpha value is -0.900. The topological polar surface area (TPSA) is 30.5 Å². The average Bonchev–Trinajstić information content (AvgIpc) is 2.30. The summed E-state index contributed by atoms with van der Waals surface area (Å²) in [6.07, 6.45) is 0. The third-order valence-corrected chi connectivity index (χ3v) is 3.16. The molecule has 0 atom stereocenters. The summed E-state index contributed by atoms with van der Waals surface area (Å²) >= 11 is 0. The van der Waals surface area contributed by atoms with Gasteiger partial charge in [-0.2, -0.15) is 0 Å². The van der Waals surface area contributed by atoms with E-state index in [1.807, 2.05) is 26.1 Å². The molecule has 0 radical (unpaired) electrons. The van der Waals surface area contributed by atoms with Crippen molar-refractivity contribution in [2.24, 2.45) is 0 Å². The van der Waals surface area contributed by atoms with Crippen LogP contribution in [0.5, 0.6) is 0 Å². The van der Waals surface area contributed by atoms with Crippen molar-refractivity contribution in [1.82, 2.24) is 5.32 Å². The molecule has 0 bridgehead atoms. The molecule has 1 saturated heterocycles. The van der Waals surface area contributed by atoms with E-state index in [1.165, 1.54) is 5.56 Å². The Morgan fingerprint density at radius 2 is 1.88 bits per heavy atom. The Kier molecular flexibility index (Phi) is 3.28. The van der Waals surface area contributed by atoms with E-state index in [1.54, 1.807) is 0 Å². The van der Waals surface area contributed by atoms with Gasteiger partial charge in [0, 0.05) is 5.56 Å². The molecule has 3 nitrogen and oxygen atoms in total. The lowest BCUT2D eigenvalue weighted by Crippen LogP contribution is -2.47. The molecule has 1 N–H and O–H groups in total. The second-order valence-electron chi connectivity index (χ2n) is 4.37. The van der Waals surface area contributed by atoms with Crippen molar-refractivity contribution < 1.29 is 9.47 Å². The van der Waals surface area contributed by atoms with Crippen molar-refractivity contribution in [1.29, 1.82) is 0 Å². The minimum Gasteiger partial charge on any atom is -0.344 e. The minimum atomic E-state index is -0.599. The Balaban J connectivity index is 2.18. The molecular weight excluding hydrogens is 202 g/mol. The lowest BCUT2D eigenvalue weighted by Gasteiger charge is -2.38. The largest absolute Gasteiger partial charge is 0.344 e. The molecule has 1 aromatic carbocycles. The fraction of sp³-hybridized carbons (Fsp3) is 0.538. The third-order valence-electron chi connectivity index (χ3n) is 3.16. The van der Waals surface area contributed by atoms with Gasteiger partial charge in [0.25, 0.3) is 0 Å². The predicted molar refractivity (Wildman–Crippen MR) is 63.3 cm³/mol. The van der Waals surface area contributed by atoms with Crippen molar-refractivity contribution in [3.63, 3.8) is 0 Å². The molecule has 0 spiro atoms. The van der Waals surface area contributed by atoms with Gasteiger partial charge in [-0.25, -0.2) is 0 Å². The van der Waals surface area contributed by atoms with Crippen LogP contribution in [0.1, 0.15) is 18.1 Å². The quantitative estimate of drug-likeness (QED) is 0.826. The number of likely N-dealkylation sites (N-methyl/N-ethyl adjacent to an activating group) is 1. The van der Waals surface area contributed by atoms with Gasteiger partial charge in [-0.3, -0.25) is 0 Å². The lowest BCUT2D eigenvalue weighted by molar-refractivity contribution is -0.272. The molecule has 0 saturated carbocycles. The Bertz CT molecular complexity index is 357. The number of aryl methyl sites for hydroxylation is 1. The van der Waals surface area contributed by atoms with Gasteiger partial charge in [-0.05, 0) is 26.5 Å². The number of benzene rings is 1. The van der Waals surface area contributed by atoms with E-state index in [-0.39, 0.29) is 6.04 Å². The minimum absolute atomic E-state index is 0.289. The molecule has 3 heteroatoms. The highest BCUT2D eigenvalue weighted by molar-refractivity contribution is 5.29. The Labute approximate surface area is 96.8 Å². The maximum absolute atomic E-state index is 5.85. The Morgan fingerprint density at radius 1 is 1.25 bits per heavy atom. The number of nitrogens with one attached hydrogen (secondary N) is 1. The van der Waals surface area contributed by atoms with Crippen molar-refractivity contribution >= 4 is 0 Å². The van der Waals surface area contributed by atoms with E-state index in [4.69, 9.17) is 9.47 Å². The van der Waals surface area contributed by atoms with Gasteiger partial charge in [0.1, 0.15) is 0 Å². The van der Waals surface area contributed by atoms with Crippen molar-refractivity contribution in [2.75, 3.05) is 20.3 Å². The monoisotopic (exact) mass is 221 g/mol. The SMILES string of the molecule is CNC1COC(C)(c2ccccc2C)OC1. The first-order chi connectivity index (χ1) is 7.65. The molecule has 1 heterocycles. The van der Waals surface area contributed by atoms with Crippen LogP contribution in [0, 0.1) is 6.92 Å². The zero-order valence-corrected chi connectivity index (χ0v) is 10.1. The first-order valence-electron chi connectivity index (χ1n) is 5.67. The molecule has 1 aliphatic rings. The Morgan fingerprint density at radius 3 is 2.44 bits per heavy atom. The van der Waals surface area contributed by atoms with Crippen LogP contribution in [0.2, 0.25) is 0 Å². The second-order valence-corrected chi connectivity index (χ2v) is 4.37. The highest BCUT2D eigenvalue weighted by Gasteiger charge is 2.35. The lowest BCUT2D eigenvalue weighted by atomic mass is 10.0. The molecule has 1 fully saturated rings. The van der Waals surface area contributed by atoms with Gasteiger partial charge in [0.15, 0.2) is 5.79 Å². The zero-order valence-electron chi connectivity index (χ0n) is 10.1. The van der Waals surface area contributed by atoms with Crippen LogP contribution in [-0.4, -0.2) is 26.3 Å². The highest BCUT2D eigenvalue weighted by atomic mass is 16.7. The molecule has 0 aliphatic carbocycles. The van der Waals surface area contributed by atoms with Gasteiger partial charge < -0.3 is 14.8 Å². The van der Waals surface area contributed by atoms with E-state index < -0.39 is 5.79 Å². The normalized spacial score (nSPS) is 30.3. The van der Waals surface area contributed by atoms with Gasteiger partial charge in [-0.1, -0.05) is 24.3 Å². The predicted octanol–water partition coefficient (Wildman–Crippen LogP) is 1.80. The molecule has 0 aromatic heterocycles. The summed E-state index contributed by atoms with van der Waals surface area (Å²) in [7, 11) is 1.92. The van der Waals surface area contributed by atoms with Crippen LogP contribution in [0.3, 0.4) is 0 Å². The maximum Gasteiger partial charge on any atom is 0.192 e. The second kappa shape index (κ2) is 4.53. The molecule has 88 valence electrons. The summed E-state index contributed by atoms with van der Waals surface area (Å²) in [6, 6.07) is 8.48. The molecule has 2 rings (SSSR count). The summed E-state index contributed by atoms with van der Waals surface area (Å²) in [5, 5.41) is 3.16. The van der Waals surface area contributed by atoms with Crippen LogP contribution < -0.4 is 5.32 Å². The third kappa shape index (κ3) is 2.12. The van der Waals surface area contributed by atoms with Crippen molar-refractivity contribution in [3.05, 3.63) is 35.4 Å². The van der Waals surface area contributed by atoms with Gasteiger partial charge in [0.05, 0.1) is 19.3 Å². The fourth-order valence-corrected chi connectivity index (χ4v) is 2.01. The van der Waals surface area contributed by atoms with Crippen LogP contribution in [0.4, 0.5) is 0 Å². The summed E-state index contributed by atoms with van der Waals surface area (Å²) in [6.45, 7) is 5.43. The van der Waals surface area contributed by atoms with Crippen LogP contribution in [0.15, 0.2) is 24.3 Å². The van der Waals surface area contributed by atoms with E-state index in [2.05, 4.69) is 24.4 Å². The molecule has 1 aromatic rings. The molecule has 0 amide bonds. The first-order valence-corrected chi connectivity index (χ1v) is 5.67. The maximum atomic E-state index is 5.85. The van der Waals surface area contributed by atoms with Crippen LogP contribution >= 0.6 is 0 Å². The van der Waals surface area contributed by atoms with Crippen LogP contribution in [-0.2, 0) is 15.3 Å². The van der Waals surface area contributed by atoms with Crippen molar-refractivity contribution in [2.45, 2.75) is 25.7 Å². The van der Waals surface area contributed by atoms with E-state index in [9.17, 15) is 0 Å². The van der Waals surface area contributed by atoms with Crippen molar-refractivity contribution in [3.8, 4) is 0 Å².